The molecule has 4 fully saturated rings. The van der Waals surface area contributed by atoms with Gasteiger partial charge in [0.1, 0.15) is 0 Å². The molecule has 0 radical (unpaired) electrons. The molecule has 100 valence electrons. The Labute approximate surface area is 114 Å². The molecule has 0 spiro atoms. The predicted molar refractivity (Wildman–Crippen MR) is 76.1 cm³/mol. The lowest BCUT2D eigenvalue weighted by Crippen LogP contribution is -2.52. The molecule has 0 heterocycles. The summed E-state index contributed by atoms with van der Waals surface area (Å²) in [4.78, 5) is 0. The highest BCUT2D eigenvalue weighted by Gasteiger charge is 2.52. The van der Waals surface area contributed by atoms with Crippen molar-refractivity contribution in [3.05, 3.63) is 41.1 Å². The molecule has 0 N–H and O–H groups in total. The third-order valence-corrected chi connectivity index (χ3v) is 5.55. The molecule has 4 aliphatic rings. The van der Waals surface area contributed by atoms with Crippen molar-refractivity contribution in [2.24, 2.45) is 23.7 Å². The second kappa shape index (κ2) is 4.36. The standard InChI is InChI=1S/C17H21NO/c19-18(11-12-4-2-1-3-5-12)17-15-7-13-6-14(9-15)10-16(17)8-13/h1-5,11,13-17H,6-10H2/b18-11+. The van der Waals surface area contributed by atoms with Crippen LogP contribution in [0.5, 0.6) is 0 Å². The Kier molecular flexibility index (Phi) is 2.64. The Morgan fingerprint density at radius 1 is 0.895 bits per heavy atom. The Morgan fingerprint density at radius 3 is 2.05 bits per heavy atom. The van der Waals surface area contributed by atoms with Gasteiger partial charge in [0.2, 0.25) is 0 Å². The first kappa shape index (κ1) is 11.5. The minimum atomic E-state index is 0.257. The van der Waals surface area contributed by atoms with Gasteiger partial charge in [-0.2, -0.15) is 0 Å². The predicted octanol–water partition coefficient (Wildman–Crippen LogP) is 3.44. The Hall–Kier alpha value is -1.31. The molecule has 1 aromatic carbocycles. The molecule has 2 nitrogen and oxygen atoms in total. The highest BCUT2D eigenvalue weighted by Crippen LogP contribution is 2.54. The number of hydrogen-bond acceptors (Lipinski definition) is 1. The van der Waals surface area contributed by atoms with Crippen LogP contribution >= 0.6 is 0 Å². The van der Waals surface area contributed by atoms with E-state index in [0.29, 0.717) is 11.8 Å². The van der Waals surface area contributed by atoms with Gasteiger partial charge in [-0.15, -0.1) is 0 Å². The number of benzene rings is 1. The van der Waals surface area contributed by atoms with E-state index in [2.05, 4.69) is 0 Å². The van der Waals surface area contributed by atoms with Crippen LogP contribution in [-0.2, 0) is 0 Å². The maximum Gasteiger partial charge on any atom is 0.182 e. The number of hydroxylamine groups is 1. The second-order valence-electron chi connectivity index (χ2n) is 6.82. The van der Waals surface area contributed by atoms with Gasteiger partial charge in [0.25, 0.3) is 0 Å². The first-order valence-corrected chi connectivity index (χ1v) is 7.65. The minimum absolute atomic E-state index is 0.257. The molecule has 2 heteroatoms. The van der Waals surface area contributed by atoms with E-state index in [4.69, 9.17) is 0 Å². The molecule has 0 aromatic heterocycles. The van der Waals surface area contributed by atoms with Crippen LogP contribution in [0, 0.1) is 28.9 Å². The molecule has 0 amide bonds. The SMILES string of the molecule is [O-]/[N+](=C/c1ccccc1)C1C2CC3CC(C2)CC1C3. The highest BCUT2D eigenvalue weighted by molar-refractivity contribution is 5.75. The van der Waals surface area contributed by atoms with E-state index in [-0.39, 0.29) is 6.04 Å². The Morgan fingerprint density at radius 2 is 1.47 bits per heavy atom. The van der Waals surface area contributed by atoms with Gasteiger partial charge >= 0.3 is 0 Å². The molecule has 0 unspecified atom stereocenters. The maximum atomic E-state index is 12.6. The molecule has 4 saturated carbocycles. The molecule has 0 atom stereocenters. The van der Waals surface area contributed by atoms with E-state index in [1.807, 2.05) is 36.5 Å². The summed E-state index contributed by atoms with van der Waals surface area (Å²) >= 11 is 0. The van der Waals surface area contributed by atoms with E-state index in [0.717, 1.165) is 17.4 Å². The van der Waals surface area contributed by atoms with Crippen LogP contribution in [0.2, 0.25) is 0 Å². The summed E-state index contributed by atoms with van der Waals surface area (Å²) in [5.74, 6) is 3.19. The van der Waals surface area contributed by atoms with E-state index < -0.39 is 0 Å². The molecular weight excluding hydrogens is 234 g/mol. The summed E-state index contributed by atoms with van der Waals surface area (Å²) < 4.78 is 1.29. The van der Waals surface area contributed by atoms with Crippen molar-refractivity contribution in [2.45, 2.75) is 38.1 Å². The van der Waals surface area contributed by atoms with Crippen LogP contribution < -0.4 is 0 Å². The van der Waals surface area contributed by atoms with Crippen LogP contribution in [0.4, 0.5) is 0 Å². The van der Waals surface area contributed by atoms with E-state index in [1.54, 1.807) is 0 Å². The summed E-state index contributed by atoms with van der Waals surface area (Å²) in [7, 11) is 0. The largest absolute Gasteiger partial charge is 0.624 e. The Bertz CT molecular complexity index is 465. The number of nitrogens with zero attached hydrogens (tertiary/aromatic N) is 1. The van der Waals surface area contributed by atoms with Gasteiger partial charge in [-0.1, -0.05) is 18.2 Å². The zero-order chi connectivity index (χ0) is 12.8. The van der Waals surface area contributed by atoms with Gasteiger partial charge in [-0.25, -0.2) is 4.74 Å². The van der Waals surface area contributed by atoms with Gasteiger partial charge in [0.05, 0.1) is 0 Å². The fourth-order valence-electron chi connectivity index (χ4n) is 5.08. The summed E-state index contributed by atoms with van der Waals surface area (Å²) in [5, 5.41) is 12.6. The molecular formula is C17H21NO. The van der Waals surface area contributed by atoms with Crippen LogP contribution in [0.15, 0.2) is 30.3 Å². The van der Waals surface area contributed by atoms with Gasteiger partial charge < -0.3 is 5.21 Å². The van der Waals surface area contributed by atoms with Crippen LogP contribution in [0.25, 0.3) is 0 Å². The summed E-state index contributed by atoms with van der Waals surface area (Å²) in [6, 6.07) is 10.3. The monoisotopic (exact) mass is 255 g/mol. The van der Waals surface area contributed by atoms with Gasteiger partial charge in [0, 0.05) is 17.4 Å². The van der Waals surface area contributed by atoms with E-state index in [1.165, 1.54) is 36.8 Å². The zero-order valence-electron chi connectivity index (χ0n) is 11.2. The third kappa shape index (κ3) is 1.98. The number of hydrogen-bond donors (Lipinski definition) is 0. The molecule has 4 bridgehead atoms. The summed E-state index contributed by atoms with van der Waals surface area (Å²) in [6.07, 6.45) is 8.48. The highest BCUT2D eigenvalue weighted by atomic mass is 16.5. The molecule has 0 aliphatic heterocycles. The van der Waals surface area contributed by atoms with Crippen molar-refractivity contribution in [3.63, 3.8) is 0 Å². The summed E-state index contributed by atoms with van der Waals surface area (Å²) in [5.41, 5.74) is 1.03. The van der Waals surface area contributed by atoms with Gasteiger partial charge in [0.15, 0.2) is 12.3 Å². The fourth-order valence-corrected chi connectivity index (χ4v) is 5.08. The van der Waals surface area contributed by atoms with Crippen LogP contribution in [0.1, 0.15) is 37.7 Å². The fraction of sp³-hybridized carbons (Fsp3) is 0.588. The maximum absolute atomic E-state index is 12.6. The van der Waals surface area contributed by atoms with E-state index >= 15 is 0 Å². The lowest BCUT2D eigenvalue weighted by molar-refractivity contribution is -0.529. The lowest BCUT2D eigenvalue weighted by Gasteiger charge is -2.52. The van der Waals surface area contributed by atoms with Gasteiger partial charge in [-0.3, -0.25) is 0 Å². The average Bonchev–Trinajstić information content (AvgIpc) is 2.38. The Balaban J connectivity index is 1.60. The molecule has 19 heavy (non-hydrogen) atoms. The third-order valence-electron chi connectivity index (χ3n) is 5.55. The smallest absolute Gasteiger partial charge is 0.182 e. The average molecular weight is 255 g/mol. The first-order valence-electron chi connectivity index (χ1n) is 7.65. The van der Waals surface area contributed by atoms with Crippen molar-refractivity contribution in [2.75, 3.05) is 0 Å². The topological polar surface area (TPSA) is 26.1 Å². The minimum Gasteiger partial charge on any atom is -0.624 e. The number of rotatable bonds is 2. The summed E-state index contributed by atoms with van der Waals surface area (Å²) in [6.45, 7) is 0. The van der Waals surface area contributed by atoms with Crippen molar-refractivity contribution >= 4 is 6.21 Å². The normalized spacial score (nSPS) is 40.6. The molecule has 4 aliphatic carbocycles. The van der Waals surface area contributed by atoms with Gasteiger partial charge in [-0.05, 0) is 56.1 Å². The first-order chi connectivity index (χ1) is 9.29. The quantitative estimate of drug-likeness (QED) is 0.344. The van der Waals surface area contributed by atoms with E-state index in [9.17, 15) is 5.21 Å². The van der Waals surface area contributed by atoms with Crippen molar-refractivity contribution in [1.82, 2.24) is 0 Å². The van der Waals surface area contributed by atoms with Crippen LogP contribution in [0.3, 0.4) is 0 Å². The van der Waals surface area contributed by atoms with Crippen molar-refractivity contribution < 1.29 is 4.74 Å². The zero-order valence-corrected chi connectivity index (χ0v) is 11.2. The lowest BCUT2D eigenvalue weighted by atomic mass is 9.54. The van der Waals surface area contributed by atoms with Crippen LogP contribution in [-0.4, -0.2) is 17.0 Å². The van der Waals surface area contributed by atoms with Crippen molar-refractivity contribution in [3.8, 4) is 0 Å². The van der Waals surface area contributed by atoms with Crippen molar-refractivity contribution in [1.29, 1.82) is 0 Å². The molecule has 0 saturated heterocycles. The second-order valence-corrected chi connectivity index (χ2v) is 6.82. The molecule has 5 rings (SSSR count). The molecule has 1 aromatic rings.